The van der Waals surface area contributed by atoms with Gasteiger partial charge in [0.25, 0.3) is 30.4 Å². The van der Waals surface area contributed by atoms with Crippen molar-refractivity contribution in [3.63, 3.8) is 0 Å². The maximum Gasteiger partial charge on any atom is 0.492 e. The van der Waals surface area contributed by atoms with E-state index in [2.05, 4.69) is 9.47 Å². The Hall–Kier alpha value is -1.18. The van der Waals surface area contributed by atoms with Crippen LogP contribution in [0.3, 0.4) is 0 Å². The average molecular weight is 893 g/mol. The summed E-state index contributed by atoms with van der Waals surface area (Å²) in [6.45, 7) is 5.97. The lowest BCUT2D eigenvalue weighted by Gasteiger charge is -2.17. The molecule has 20 nitrogen and oxygen atoms in total. The normalized spacial score (nSPS) is 13.2. The van der Waals surface area contributed by atoms with E-state index in [1.165, 1.54) is 6.92 Å². The summed E-state index contributed by atoms with van der Waals surface area (Å²) in [5.41, 5.74) is -5.30. The highest BCUT2D eigenvalue weighted by Gasteiger charge is 2.52. The fourth-order valence-corrected chi connectivity index (χ4v) is 2.40. The van der Waals surface area contributed by atoms with Crippen molar-refractivity contribution in [2.24, 2.45) is 0 Å². The van der Waals surface area contributed by atoms with Gasteiger partial charge in [0.15, 0.2) is 5.94 Å². The van der Waals surface area contributed by atoms with E-state index in [4.69, 9.17) is 27.3 Å². The van der Waals surface area contributed by atoms with E-state index in [1.54, 1.807) is 13.8 Å². The van der Waals surface area contributed by atoms with Crippen LogP contribution in [0.25, 0.3) is 0 Å². The van der Waals surface area contributed by atoms with Crippen LogP contribution in [0.2, 0.25) is 0 Å². The lowest BCUT2D eigenvalue weighted by atomic mass is 10.5. The van der Waals surface area contributed by atoms with Gasteiger partial charge >= 0.3 is 52.4 Å². The zero-order chi connectivity index (χ0) is 42.7. The topological polar surface area (TPSA) is 345 Å². The van der Waals surface area contributed by atoms with E-state index in [1.807, 2.05) is 0 Å². The summed E-state index contributed by atoms with van der Waals surface area (Å²) >= 11 is 0. The highest BCUT2D eigenvalue weighted by molar-refractivity contribution is 7.87. The Labute approximate surface area is 283 Å². The van der Waals surface area contributed by atoms with E-state index >= 15 is 0 Å². The van der Waals surface area contributed by atoms with Crippen molar-refractivity contribution in [1.82, 2.24) is 0 Å². The third-order valence-electron chi connectivity index (χ3n) is 3.10. The molecule has 0 bridgehead atoms. The average Bonchev–Trinajstić information content (AvgIpc) is 2.79. The molecule has 0 aliphatic heterocycles. The Bertz CT molecular complexity index is 1600. The SMILES string of the molecule is CC(F)(F)OC(F)(F)S(=O)(=O)O.CC(F)(F)S(=O)(=O)O.CCC(F)(F)S(=O)(=O)O.CCCS(=O)(=O)O.CCOCS(=O)(=O)O.CCS(=O)(=O)O. The van der Waals surface area contributed by atoms with Gasteiger partial charge in [-0.15, -0.1) is 0 Å². The van der Waals surface area contributed by atoms with Gasteiger partial charge in [0, 0.05) is 26.9 Å². The van der Waals surface area contributed by atoms with Crippen LogP contribution in [0.5, 0.6) is 0 Å². The van der Waals surface area contributed by atoms with Gasteiger partial charge in [0.05, 0.1) is 11.5 Å². The van der Waals surface area contributed by atoms with Crippen molar-refractivity contribution >= 4 is 60.7 Å². The van der Waals surface area contributed by atoms with Crippen LogP contribution in [-0.4, -0.2) is 124 Å². The number of rotatable bonds is 12. The van der Waals surface area contributed by atoms with Crippen LogP contribution in [0, 0.1) is 0 Å². The maximum atomic E-state index is 11.9. The largest absolute Gasteiger partial charge is 0.492 e. The summed E-state index contributed by atoms with van der Waals surface area (Å²) in [4.78, 5) is 0. The fourth-order valence-electron chi connectivity index (χ4n) is 0.890. The van der Waals surface area contributed by atoms with Gasteiger partial charge in [0.2, 0.25) is 0 Å². The minimum Gasteiger partial charge on any atom is -0.363 e. The smallest absolute Gasteiger partial charge is 0.363 e. The Morgan fingerprint density at radius 2 is 0.860 bits per heavy atom. The second-order valence-electron chi connectivity index (χ2n) is 7.95. The van der Waals surface area contributed by atoms with E-state index < -0.39 is 95.1 Å². The van der Waals surface area contributed by atoms with Gasteiger partial charge in [-0.1, -0.05) is 13.8 Å². The van der Waals surface area contributed by atoms with Crippen LogP contribution in [0.1, 0.15) is 54.4 Å². The number of alkyl halides is 8. The molecule has 0 heterocycles. The zero-order valence-electron chi connectivity index (χ0n) is 26.1. The third kappa shape index (κ3) is 44.8. The highest BCUT2D eigenvalue weighted by Crippen LogP contribution is 2.30. The molecule has 0 saturated carbocycles. The molecular weight excluding hydrogens is 857 g/mol. The van der Waals surface area contributed by atoms with Crippen molar-refractivity contribution in [1.29, 1.82) is 0 Å². The summed E-state index contributed by atoms with van der Waals surface area (Å²) in [7, 11) is -27.6. The molecule has 0 atom stereocenters. The molecule has 0 aromatic rings. The first kappa shape index (κ1) is 60.9. The first-order chi connectivity index (χ1) is 21.2. The lowest BCUT2D eigenvalue weighted by Crippen LogP contribution is -2.37. The molecule has 0 aromatic heterocycles. The molecule has 0 unspecified atom stereocenters. The van der Waals surface area contributed by atoms with Gasteiger partial charge in [-0.05, 0) is 20.3 Å². The van der Waals surface area contributed by atoms with Crippen molar-refractivity contribution in [3.8, 4) is 0 Å². The molecule has 0 amide bonds. The molecule has 0 aliphatic rings. The van der Waals surface area contributed by atoms with E-state index in [0.717, 1.165) is 6.92 Å². The maximum absolute atomic E-state index is 11.9. The van der Waals surface area contributed by atoms with Crippen LogP contribution in [0.15, 0.2) is 0 Å². The molecular formula is C16H36F8O20S6. The zero-order valence-corrected chi connectivity index (χ0v) is 31.0. The van der Waals surface area contributed by atoms with Crippen molar-refractivity contribution < 1.29 is 122 Å². The first-order valence-corrected chi connectivity index (χ1v) is 20.9. The minimum atomic E-state index is -5.97. The van der Waals surface area contributed by atoms with Crippen molar-refractivity contribution in [2.75, 3.05) is 24.1 Å². The Morgan fingerprint density at radius 1 is 0.540 bits per heavy atom. The standard InChI is InChI=1S/C3H4F4O4S.C3H6F2O3S.C3H8O4S.C3H8O3S.C2H4F2O3S.C2H6O3S/c1-2(4,5)11-3(6,7)12(8,9)10;1-2-3(4,5)9(6,7)8;1-2-7-3-8(4,5)6;1-2-3-7(4,5)6;1-2(3,4)8(5,6)7;1-2-6(3,4)5/h1H3,(H,8,9,10);2H2,1H3,(H,6,7,8);2-3H2,1H3,(H,4,5,6);2-3H2,1H3,(H,4,5,6);1H3,(H,5,6,7);2H2,1H3,(H,3,4,5). The quantitative estimate of drug-likeness (QED) is 0.121. The molecule has 0 radical (unpaired) electrons. The van der Waals surface area contributed by atoms with Gasteiger partial charge < -0.3 is 4.74 Å². The van der Waals surface area contributed by atoms with Gasteiger partial charge in [-0.25, -0.2) is 4.74 Å². The molecule has 0 spiro atoms. The molecule has 0 fully saturated rings. The minimum absolute atomic E-state index is 0.0912. The number of hydrogen-bond acceptors (Lipinski definition) is 14. The molecule has 50 heavy (non-hydrogen) atoms. The highest BCUT2D eigenvalue weighted by atomic mass is 32.2. The van der Waals surface area contributed by atoms with Crippen LogP contribution in [-0.2, 0) is 70.2 Å². The fraction of sp³-hybridized carbons (Fsp3) is 1.00. The van der Waals surface area contributed by atoms with E-state index in [9.17, 15) is 85.6 Å². The van der Waals surface area contributed by atoms with Crippen LogP contribution in [0.4, 0.5) is 35.1 Å². The number of ether oxygens (including phenoxy) is 2. The van der Waals surface area contributed by atoms with E-state index in [-0.39, 0.29) is 25.4 Å². The number of halogens is 8. The van der Waals surface area contributed by atoms with Gasteiger partial charge in [0.1, 0.15) is 0 Å². The van der Waals surface area contributed by atoms with Gasteiger partial charge in [-0.3, -0.25) is 27.3 Å². The van der Waals surface area contributed by atoms with Crippen LogP contribution >= 0.6 is 0 Å². The molecule has 312 valence electrons. The monoisotopic (exact) mass is 892 g/mol. The van der Waals surface area contributed by atoms with Crippen molar-refractivity contribution in [3.05, 3.63) is 0 Å². The second-order valence-corrected chi connectivity index (χ2v) is 17.3. The Balaban J connectivity index is -0.000000118. The summed E-state index contributed by atoms with van der Waals surface area (Å²) in [6.07, 6.45) is -4.79. The van der Waals surface area contributed by atoms with E-state index in [0.29, 0.717) is 13.0 Å². The molecule has 0 saturated heterocycles. The Kier molecular flexibility index (Phi) is 28.6. The molecule has 6 N–H and O–H groups in total. The summed E-state index contributed by atoms with van der Waals surface area (Å²) in [5, 5.41) is -8.03. The summed E-state index contributed by atoms with van der Waals surface area (Å²) < 4.78 is 263. The lowest BCUT2D eigenvalue weighted by molar-refractivity contribution is -0.331. The second kappa shape index (κ2) is 23.5. The molecule has 0 aromatic carbocycles. The number of hydrogen-bond donors (Lipinski definition) is 6. The molecule has 0 rings (SSSR count). The van der Waals surface area contributed by atoms with Crippen molar-refractivity contribution in [2.45, 2.75) is 76.4 Å². The molecule has 34 heteroatoms. The predicted molar refractivity (Wildman–Crippen MR) is 154 cm³/mol. The third-order valence-corrected chi connectivity index (χ3v) is 7.86. The predicted octanol–water partition coefficient (Wildman–Crippen LogP) is 2.46. The summed E-state index contributed by atoms with van der Waals surface area (Å²) in [6, 6.07) is 0. The van der Waals surface area contributed by atoms with Crippen LogP contribution < -0.4 is 0 Å². The summed E-state index contributed by atoms with van der Waals surface area (Å²) in [5.74, 6) is -0.941. The molecule has 0 aliphatic carbocycles. The Morgan fingerprint density at radius 3 is 0.900 bits per heavy atom. The first-order valence-electron chi connectivity index (χ1n) is 11.8. The van der Waals surface area contributed by atoms with Gasteiger partial charge in [-0.2, -0.15) is 85.6 Å².